The first-order valence-corrected chi connectivity index (χ1v) is 5.61. The van der Waals surface area contributed by atoms with E-state index in [4.69, 9.17) is 7.85 Å². The van der Waals surface area contributed by atoms with Crippen molar-refractivity contribution in [1.29, 1.82) is 0 Å². The second-order valence-corrected chi connectivity index (χ2v) is 4.72. The van der Waals surface area contributed by atoms with Crippen LogP contribution in [0.2, 0.25) is 0 Å². The monoisotopic (exact) mass is 272 g/mol. The summed E-state index contributed by atoms with van der Waals surface area (Å²) in [5.41, 5.74) is 0.643. The Kier molecular flexibility index (Phi) is 7.65. The van der Waals surface area contributed by atoms with E-state index in [0.717, 1.165) is 12.2 Å². The van der Waals surface area contributed by atoms with Crippen LogP contribution in [0.4, 0.5) is 0 Å². The van der Waals surface area contributed by atoms with Crippen LogP contribution in [0.15, 0.2) is 0 Å². The summed E-state index contributed by atoms with van der Waals surface area (Å²) < 4.78 is 0. The van der Waals surface area contributed by atoms with E-state index in [1.54, 1.807) is 11.8 Å². The molecule has 0 aromatic heterocycles. The number of thioether (sulfide) groups is 1. The summed E-state index contributed by atoms with van der Waals surface area (Å²) in [6.45, 7) is 6.25. The predicted octanol–water partition coefficient (Wildman–Crippen LogP) is 1.31. The van der Waals surface area contributed by atoms with Crippen LogP contribution in [0.3, 0.4) is 0 Å². The summed E-state index contributed by atoms with van der Waals surface area (Å²) in [6, 6.07) is 0. The third-order valence-corrected chi connectivity index (χ3v) is 3.67. The molecule has 0 bridgehead atoms. The van der Waals surface area contributed by atoms with E-state index < -0.39 is 0 Å². The van der Waals surface area contributed by atoms with Crippen LogP contribution in [-0.2, 0) is 32.7 Å². The van der Waals surface area contributed by atoms with Crippen molar-refractivity contribution in [3.8, 4) is 0 Å². The second-order valence-electron chi connectivity index (χ2n) is 3.65. The van der Waals surface area contributed by atoms with E-state index in [-0.39, 0.29) is 38.8 Å². The molecule has 1 saturated carbocycles. The molecule has 1 fully saturated rings. The van der Waals surface area contributed by atoms with Crippen LogP contribution in [0, 0.1) is 24.7 Å². The zero-order valence-corrected chi connectivity index (χ0v) is 11.8. The predicted molar refractivity (Wildman–Crippen MR) is 55.2 cm³/mol. The largest absolute Gasteiger partial charge is 0.393 e. The van der Waals surface area contributed by atoms with E-state index in [1.165, 1.54) is 0 Å². The molecule has 0 spiro atoms. The van der Waals surface area contributed by atoms with Crippen molar-refractivity contribution < 1.29 is 37.8 Å². The number of aliphatic hydroxyl groups excluding tert-OH is 1. The minimum Gasteiger partial charge on any atom is -0.393 e. The normalized spacial score (nSPS) is 38.7. The third-order valence-electron chi connectivity index (χ3n) is 2.82. The van der Waals surface area contributed by atoms with Gasteiger partial charge < -0.3 is 12.0 Å². The fourth-order valence-electron chi connectivity index (χ4n) is 1.88. The van der Waals surface area contributed by atoms with Crippen molar-refractivity contribution in [2.45, 2.75) is 19.4 Å². The van der Waals surface area contributed by atoms with Gasteiger partial charge in [-0.2, -0.15) is 17.7 Å². The minimum absolute atomic E-state index is 0. The van der Waals surface area contributed by atoms with E-state index in [0.29, 0.717) is 23.4 Å². The SMILES string of the molecule is [B]CSCC1C(O)CC(C)C1[CH2-].[Y]. The maximum Gasteiger partial charge on any atom is 0.0799 e. The average molecular weight is 272 g/mol. The zero-order chi connectivity index (χ0) is 9.14. The Morgan fingerprint density at radius 1 is 1.62 bits per heavy atom. The number of hydrogen-bond acceptors (Lipinski definition) is 2. The fraction of sp³-hybridized carbons (Fsp3) is 0.889. The summed E-state index contributed by atoms with van der Waals surface area (Å²) in [7, 11) is 5.39. The van der Waals surface area contributed by atoms with Crippen LogP contribution < -0.4 is 0 Å². The smallest absolute Gasteiger partial charge is 0.0799 e. The fourth-order valence-corrected chi connectivity index (χ4v) is 2.75. The van der Waals surface area contributed by atoms with Crippen molar-refractivity contribution >= 4 is 19.6 Å². The van der Waals surface area contributed by atoms with Gasteiger partial charge >= 0.3 is 0 Å². The molecule has 4 unspecified atom stereocenters. The molecule has 0 aliphatic heterocycles. The van der Waals surface area contributed by atoms with Gasteiger partial charge in [-0.3, -0.25) is 0 Å². The van der Waals surface area contributed by atoms with Crippen LogP contribution >= 0.6 is 11.8 Å². The second kappa shape index (κ2) is 6.87. The van der Waals surface area contributed by atoms with Crippen molar-refractivity contribution in [1.82, 2.24) is 0 Å². The molecule has 4 heteroatoms. The van der Waals surface area contributed by atoms with Crippen molar-refractivity contribution in [2.24, 2.45) is 17.8 Å². The van der Waals surface area contributed by atoms with E-state index in [1.807, 2.05) is 0 Å². The summed E-state index contributed by atoms with van der Waals surface area (Å²) in [5, 5.41) is 9.66. The molecule has 1 rings (SSSR count). The summed E-state index contributed by atoms with van der Waals surface area (Å²) in [5.74, 6) is 2.27. The Bertz CT molecular complexity index is 148. The standard InChI is InChI=1S/C9H16BOS.Y/c1-6-3-9(11)8(7(6)2)4-12-5-10;/h6-9,11H,2-5H2,1H3;/q-1;. The molecule has 13 heavy (non-hydrogen) atoms. The van der Waals surface area contributed by atoms with Gasteiger partial charge in [0.25, 0.3) is 0 Å². The number of hydrogen-bond donors (Lipinski definition) is 1. The van der Waals surface area contributed by atoms with Gasteiger partial charge in [0.05, 0.1) is 14.0 Å². The first-order valence-electron chi connectivity index (χ1n) is 4.45. The Hall–Kier alpha value is 1.48. The Balaban J connectivity index is 0.00000144. The van der Waals surface area contributed by atoms with Crippen molar-refractivity contribution in [3.05, 3.63) is 6.92 Å². The molecule has 1 N–H and O–H groups in total. The van der Waals surface area contributed by atoms with Gasteiger partial charge in [-0.15, -0.1) is 0 Å². The van der Waals surface area contributed by atoms with Crippen LogP contribution in [0.25, 0.3) is 0 Å². The Morgan fingerprint density at radius 3 is 2.62 bits per heavy atom. The first kappa shape index (κ1) is 14.5. The molecular formula is C9H16BOSY-. The quantitative estimate of drug-likeness (QED) is 0.617. The molecule has 0 amide bonds. The van der Waals surface area contributed by atoms with Gasteiger partial charge in [-0.05, 0) is 23.7 Å². The molecule has 1 nitrogen and oxygen atoms in total. The average Bonchev–Trinajstić information content (AvgIpc) is 2.25. The zero-order valence-electron chi connectivity index (χ0n) is 8.15. The van der Waals surface area contributed by atoms with Gasteiger partial charge in [0, 0.05) is 32.7 Å². The van der Waals surface area contributed by atoms with Crippen LogP contribution in [-0.4, -0.2) is 30.5 Å². The molecule has 71 valence electrons. The van der Waals surface area contributed by atoms with Gasteiger partial charge in [0.2, 0.25) is 0 Å². The van der Waals surface area contributed by atoms with Gasteiger partial charge in [0.1, 0.15) is 0 Å². The maximum absolute atomic E-state index is 9.66. The van der Waals surface area contributed by atoms with E-state index >= 15 is 0 Å². The molecule has 0 heterocycles. The van der Waals surface area contributed by atoms with Crippen molar-refractivity contribution in [3.63, 3.8) is 0 Å². The minimum atomic E-state index is -0.151. The number of rotatable bonds is 3. The Morgan fingerprint density at radius 2 is 2.23 bits per heavy atom. The van der Waals surface area contributed by atoms with Crippen LogP contribution in [0.1, 0.15) is 13.3 Å². The molecule has 1 aliphatic rings. The summed E-state index contributed by atoms with van der Waals surface area (Å²) in [6.07, 6.45) is 0.755. The molecule has 0 aromatic carbocycles. The Labute approximate surface area is 112 Å². The molecule has 0 aromatic rings. The van der Waals surface area contributed by atoms with E-state index in [9.17, 15) is 5.11 Å². The molecule has 4 atom stereocenters. The van der Waals surface area contributed by atoms with Gasteiger partial charge in [0.15, 0.2) is 0 Å². The molecule has 3 radical (unpaired) electrons. The first-order chi connectivity index (χ1) is 5.66. The molecule has 1 aliphatic carbocycles. The summed E-state index contributed by atoms with van der Waals surface area (Å²) >= 11 is 1.69. The van der Waals surface area contributed by atoms with Crippen LogP contribution in [0.5, 0.6) is 0 Å². The number of aliphatic hydroxyl groups is 1. The van der Waals surface area contributed by atoms with Gasteiger partial charge in [-0.1, -0.05) is 12.8 Å². The molecule has 0 saturated heterocycles. The topological polar surface area (TPSA) is 20.2 Å². The summed E-state index contributed by atoms with van der Waals surface area (Å²) in [4.78, 5) is 0. The maximum atomic E-state index is 9.66. The molecular weight excluding hydrogens is 256 g/mol. The van der Waals surface area contributed by atoms with Crippen molar-refractivity contribution in [2.75, 3.05) is 11.4 Å². The van der Waals surface area contributed by atoms with Gasteiger partial charge in [-0.25, -0.2) is 0 Å². The van der Waals surface area contributed by atoms with E-state index in [2.05, 4.69) is 13.8 Å². The third kappa shape index (κ3) is 3.85.